The lowest BCUT2D eigenvalue weighted by Gasteiger charge is -2.21. The molecule has 2 fully saturated rings. The van der Waals surface area contributed by atoms with Gasteiger partial charge in [-0.1, -0.05) is 6.42 Å². The Balaban J connectivity index is 1.62. The second kappa shape index (κ2) is 4.86. The van der Waals surface area contributed by atoms with E-state index in [1.54, 1.807) is 0 Å². The number of thioether (sulfide) groups is 1. The first-order valence-corrected chi connectivity index (χ1v) is 6.81. The summed E-state index contributed by atoms with van der Waals surface area (Å²) < 4.78 is 0. The van der Waals surface area contributed by atoms with E-state index in [2.05, 4.69) is 0 Å². The van der Waals surface area contributed by atoms with Crippen molar-refractivity contribution in [2.45, 2.75) is 31.8 Å². The normalized spacial score (nSPS) is 37.7. The first-order valence-electron chi connectivity index (χ1n) is 5.66. The van der Waals surface area contributed by atoms with Crippen molar-refractivity contribution in [1.82, 2.24) is 0 Å². The summed E-state index contributed by atoms with van der Waals surface area (Å²) in [4.78, 5) is 0. The van der Waals surface area contributed by atoms with Gasteiger partial charge >= 0.3 is 0 Å². The van der Waals surface area contributed by atoms with E-state index in [-0.39, 0.29) is 6.61 Å². The highest BCUT2D eigenvalue weighted by molar-refractivity contribution is 7.99. The molecule has 0 aromatic carbocycles. The molecule has 0 saturated heterocycles. The Kier molecular flexibility index (Phi) is 3.74. The molecule has 82 valence electrons. The Bertz CT molecular complexity index is 186. The molecular formula is C11H20O2S. The van der Waals surface area contributed by atoms with Crippen molar-refractivity contribution in [3.63, 3.8) is 0 Å². The third-order valence-corrected chi connectivity index (χ3v) is 5.02. The first kappa shape index (κ1) is 10.8. The fourth-order valence-electron chi connectivity index (χ4n) is 2.99. The van der Waals surface area contributed by atoms with E-state index >= 15 is 0 Å². The number of aliphatic hydroxyl groups excluding tert-OH is 2. The van der Waals surface area contributed by atoms with Crippen LogP contribution in [0.4, 0.5) is 0 Å². The molecule has 2 saturated carbocycles. The quantitative estimate of drug-likeness (QED) is 0.732. The predicted molar refractivity (Wildman–Crippen MR) is 59.4 cm³/mol. The summed E-state index contributed by atoms with van der Waals surface area (Å²) in [6.07, 6.45) is 5.28. The van der Waals surface area contributed by atoms with E-state index in [0.29, 0.717) is 5.75 Å². The van der Waals surface area contributed by atoms with Crippen LogP contribution >= 0.6 is 11.8 Å². The molecule has 0 aliphatic heterocycles. The molecule has 0 radical (unpaired) electrons. The van der Waals surface area contributed by atoms with E-state index < -0.39 is 6.10 Å². The Labute approximate surface area is 90.1 Å². The van der Waals surface area contributed by atoms with Crippen molar-refractivity contribution in [2.24, 2.45) is 17.8 Å². The number of aliphatic hydroxyl groups is 2. The van der Waals surface area contributed by atoms with E-state index in [9.17, 15) is 5.11 Å². The summed E-state index contributed by atoms with van der Waals surface area (Å²) in [6, 6.07) is 0. The molecule has 2 aliphatic carbocycles. The zero-order valence-corrected chi connectivity index (χ0v) is 9.38. The van der Waals surface area contributed by atoms with Gasteiger partial charge in [0.2, 0.25) is 0 Å². The fraction of sp³-hybridized carbons (Fsp3) is 1.00. The van der Waals surface area contributed by atoms with Crippen LogP contribution in [-0.4, -0.2) is 34.4 Å². The number of rotatable bonds is 5. The second-order valence-corrected chi connectivity index (χ2v) is 5.88. The van der Waals surface area contributed by atoms with E-state index in [1.165, 1.54) is 31.4 Å². The van der Waals surface area contributed by atoms with Gasteiger partial charge in [0.05, 0.1) is 12.7 Å². The summed E-state index contributed by atoms with van der Waals surface area (Å²) in [5.41, 5.74) is 0. The summed E-state index contributed by atoms with van der Waals surface area (Å²) in [5, 5.41) is 17.9. The monoisotopic (exact) mass is 216 g/mol. The van der Waals surface area contributed by atoms with Gasteiger partial charge in [0, 0.05) is 5.75 Å². The summed E-state index contributed by atoms with van der Waals surface area (Å²) in [7, 11) is 0. The largest absolute Gasteiger partial charge is 0.394 e. The maximum absolute atomic E-state index is 9.19. The number of hydrogen-bond donors (Lipinski definition) is 2. The van der Waals surface area contributed by atoms with Crippen LogP contribution in [0.3, 0.4) is 0 Å². The standard InChI is InChI=1S/C11H20O2S/c12-5-11(13)7-14-6-10-4-8-1-2-9(10)3-8/h8-13H,1-7H2. The molecule has 2 nitrogen and oxygen atoms in total. The summed E-state index contributed by atoms with van der Waals surface area (Å²) in [5.74, 6) is 4.81. The molecule has 3 heteroatoms. The van der Waals surface area contributed by atoms with Gasteiger partial charge in [-0.05, 0) is 42.8 Å². The lowest BCUT2D eigenvalue weighted by atomic mass is 9.90. The Hall–Kier alpha value is 0.270. The molecule has 4 unspecified atom stereocenters. The van der Waals surface area contributed by atoms with Crippen LogP contribution in [-0.2, 0) is 0 Å². The van der Waals surface area contributed by atoms with Crippen LogP contribution in [0, 0.1) is 17.8 Å². The van der Waals surface area contributed by atoms with Gasteiger partial charge in [0.25, 0.3) is 0 Å². The molecule has 14 heavy (non-hydrogen) atoms. The Morgan fingerprint density at radius 2 is 2.14 bits per heavy atom. The molecule has 2 N–H and O–H groups in total. The highest BCUT2D eigenvalue weighted by Gasteiger charge is 2.38. The topological polar surface area (TPSA) is 40.5 Å². The molecule has 2 aliphatic rings. The fourth-order valence-corrected chi connectivity index (χ4v) is 4.21. The minimum Gasteiger partial charge on any atom is -0.394 e. The van der Waals surface area contributed by atoms with Crippen LogP contribution < -0.4 is 0 Å². The van der Waals surface area contributed by atoms with Crippen molar-refractivity contribution in [2.75, 3.05) is 18.1 Å². The van der Waals surface area contributed by atoms with Crippen molar-refractivity contribution in [3.05, 3.63) is 0 Å². The molecule has 2 bridgehead atoms. The van der Waals surface area contributed by atoms with Gasteiger partial charge in [-0.15, -0.1) is 0 Å². The van der Waals surface area contributed by atoms with Crippen molar-refractivity contribution < 1.29 is 10.2 Å². The maximum atomic E-state index is 9.19. The van der Waals surface area contributed by atoms with Crippen LogP contribution in [0.15, 0.2) is 0 Å². The molecular weight excluding hydrogens is 196 g/mol. The third-order valence-electron chi connectivity index (χ3n) is 3.74. The average Bonchev–Trinajstić information content (AvgIpc) is 2.79. The van der Waals surface area contributed by atoms with Gasteiger partial charge in [0.15, 0.2) is 0 Å². The summed E-state index contributed by atoms with van der Waals surface area (Å²) >= 11 is 1.81. The molecule has 0 heterocycles. The zero-order valence-electron chi connectivity index (χ0n) is 8.56. The number of fused-ring (bicyclic) bond motifs is 2. The zero-order chi connectivity index (χ0) is 9.97. The molecule has 0 amide bonds. The molecule has 0 aromatic rings. The lowest BCUT2D eigenvalue weighted by molar-refractivity contribution is 0.113. The minimum absolute atomic E-state index is 0.0935. The van der Waals surface area contributed by atoms with Crippen molar-refractivity contribution in [1.29, 1.82) is 0 Å². The average molecular weight is 216 g/mol. The van der Waals surface area contributed by atoms with Gasteiger partial charge in [0.1, 0.15) is 0 Å². The minimum atomic E-state index is -0.515. The highest BCUT2D eigenvalue weighted by atomic mass is 32.2. The van der Waals surface area contributed by atoms with Gasteiger partial charge in [-0.3, -0.25) is 0 Å². The molecule has 4 atom stereocenters. The molecule has 0 aromatic heterocycles. The SMILES string of the molecule is OCC(O)CSCC1CC2CCC1C2. The van der Waals surface area contributed by atoms with E-state index in [0.717, 1.165) is 17.8 Å². The van der Waals surface area contributed by atoms with Gasteiger partial charge in [-0.2, -0.15) is 11.8 Å². The van der Waals surface area contributed by atoms with Crippen LogP contribution in [0.2, 0.25) is 0 Å². The van der Waals surface area contributed by atoms with Crippen LogP contribution in [0.5, 0.6) is 0 Å². The van der Waals surface area contributed by atoms with E-state index in [1.807, 2.05) is 11.8 Å². The van der Waals surface area contributed by atoms with Gasteiger partial charge < -0.3 is 10.2 Å². The number of hydrogen-bond acceptors (Lipinski definition) is 3. The lowest BCUT2D eigenvalue weighted by Crippen LogP contribution is -2.18. The summed E-state index contributed by atoms with van der Waals surface area (Å²) in [6.45, 7) is -0.0935. The van der Waals surface area contributed by atoms with Crippen molar-refractivity contribution in [3.8, 4) is 0 Å². The molecule has 0 spiro atoms. The smallest absolute Gasteiger partial charge is 0.0861 e. The Morgan fingerprint density at radius 1 is 1.29 bits per heavy atom. The van der Waals surface area contributed by atoms with Crippen LogP contribution in [0.1, 0.15) is 25.7 Å². The third kappa shape index (κ3) is 2.44. The second-order valence-electron chi connectivity index (χ2n) is 4.81. The highest BCUT2D eigenvalue weighted by Crippen LogP contribution is 2.49. The van der Waals surface area contributed by atoms with E-state index in [4.69, 9.17) is 5.11 Å². The van der Waals surface area contributed by atoms with Crippen molar-refractivity contribution >= 4 is 11.8 Å². The Morgan fingerprint density at radius 3 is 2.71 bits per heavy atom. The maximum Gasteiger partial charge on any atom is 0.0861 e. The van der Waals surface area contributed by atoms with Gasteiger partial charge in [-0.25, -0.2) is 0 Å². The molecule has 2 rings (SSSR count). The first-order chi connectivity index (χ1) is 6.79. The van der Waals surface area contributed by atoms with Crippen LogP contribution in [0.25, 0.3) is 0 Å². The predicted octanol–water partition coefficient (Wildman–Crippen LogP) is 1.51.